The van der Waals surface area contributed by atoms with Gasteiger partial charge >= 0.3 is 197 Å². The van der Waals surface area contributed by atoms with Crippen LogP contribution < -0.4 is 14.7 Å². The van der Waals surface area contributed by atoms with Crippen LogP contribution in [-0.4, -0.2) is 31.7 Å². The number of nitrogens with zero attached hydrogens (tertiary/aromatic N) is 2. The number of benzene rings is 3. The third-order valence-electron chi connectivity index (χ3n) is 5.52. The molecule has 3 nitrogen and oxygen atoms in total. The summed E-state index contributed by atoms with van der Waals surface area (Å²) in [6.07, 6.45) is 3.50. The van der Waals surface area contributed by atoms with Gasteiger partial charge in [0.2, 0.25) is 0 Å². The zero-order valence-corrected chi connectivity index (χ0v) is 20.6. The Balaban J connectivity index is 1.41. The second-order valence-corrected chi connectivity index (χ2v) is 15.6. The monoisotopic (exact) mass is 609 g/mol. The van der Waals surface area contributed by atoms with Crippen LogP contribution in [0.2, 0.25) is 0 Å². The SMILES string of the molecule is [2H]c1ccnc(Oc2cccc(-c3ccc4[c](c3)[Bi]([c]3ccccn3)[c]3ccccc3-4)c2)c1. The van der Waals surface area contributed by atoms with E-state index in [-0.39, 0.29) is 0 Å². The van der Waals surface area contributed by atoms with Gasteiger partial charge in [0.05, 0.1) is 0 Å². The van der Waals surface area contributed by atoms with Crippen molar-refractivity contribution in [1.82, 2.24) is 9.97 Å². The normalized spacial score (nSPS) is 12.7. The number of pyridine rings is 2. The van der Waals surface area contributed by atoms with E-state index in [1.165, 1.54) is 26.6 Å². The minimum atomic E-state index is -2.45. The van der Waals surface area contributed by atoms with Crippen LogP contribution in [0.25, 0.3) is 22.3 Å². The first-order chi connectivity index (χ1) is 16.3. The van der Waals surface area contributed by atoms with E-state index in [0.717, 1.165) is 5.56 Å². The number of aromatic nitrogens is 2. The van der Waals surface area contributed by atoms with Crippen LogP contribution in [0.1, 0.15) is 1.37 Å². The predicted molar refractivity (Wildman–Crippen MR) is 131 cm³/mol. The van der Waals surface area contributed by atoms with Gasteiger partial charge in [0, 0.05) is 0 Å². The van der Waals surface area contributed by atoms with Crippen molar-refractivity contribution in [3.05, 3.63) is 115 Å². The molecule has 0 unspecified atom stereocenters. The fourth-order valence-corrected chi connectivity index (χ4v) is 14.0. The Labute approximate surface area is 196 Å². The Kier molecular flexibility index (Phi) is 4.73. The maximum absolute atomic E-state index is 7.77. The van der Waals surface area contributed by atoms with Crippen LogP contribution in [0, 0.1) is 0 Å². The fraction of sp³-hybridized carbons (Fsp3) is 0. The first-order valence-corrected chi connectivity index (χ1v) is 15.6. The number of rotatable bonds is 4. The number of fused-ring (bicyclic) bond motifs is 3. The molecule has 6 rings (SSSR count). The second-order valence-electron chi connectivity index (χ2n) is 7.50. The second kappa shape index (κ2) is 8.29. The van der Waals surface area contributed by atoms with Gasteiger partial charge in [0.15, 0.2) is 0 Å². The van der Waals surface area contributed by atoms with Crippen molar-refractivity contribution >= 4 is 31.7 Å². The van der Waals surface area contributed by atoms with Gasteiger partial charge in [0.25, 0.3) is 0 Å². The molecule has 0 saturated carbocycles. The molecule has 1 aliphatic heterocycles. The molecule has 0 aliphatic carbocycles. The number of hydrogen-bond acceptors (Lipinski definition) is 3. The summed E-state index contributed by atoms with van der Waals surface area (Å²) in [6, 6.07) is 33.6. The van der Waals surface area contributed by atoms with E-state index in [1.807, 2.05) is 30.5 Å². The standard InChI is InChI=1S/C23H15NO.C5H4N.Bi/c1-2-7-18(8-3-1)19-12-14-20(15-13-19)21-9-6-10-22(17-21)25-23-11-4-5-16-24-23;1-2-4-6-5-3-1;/h1-7,9-12,14-17H;1-4H;/i4D;;. The molecule has 152 valence electrons. The molecule has 0 saturated heterocycles. The molecule has 0 fully saturated rings. The molecule has 32 heavy (non-hydrogen) atoms. The quantitative estimate of drug-likeness (QED) is 0.278. The molecule has 3 heterocycles. The summed E-state index contributed by atoms with van der Waals surface area (Å²) < 4.78 is 17.9. The van der Waals surface area contributed by atoms with Gasteiger partial charge in [-0.1, -0.05) is 0 Å². The Morgan fingerprint density at radius 2 is 1.50 bits per heavy atom. The molecule has 5 aromatic rings. The molecule has 0 radical (unpaired) electrons. The van der Waals surface area contributed by atoms with Crippen molar-refractivity contribution in [2.75, 3.05) is 0 Å². The van der Waals surface area contributed by atoms with Crippen LogP contribution in [0.5, 0.6) is 11.6 Å². The van der Waals surface area contributed by atoms with Crippen molar-refractivity contribution in [3.8, 4) is 33.9 Å². The fourth-order valence-electron chi connectivity index (χ4n) is 4.11. The summed E-state index contributed by atoms with van der Waals surface area (Å²) in [6.45, 7) is 0. The van der Waals surface area contributed by atoms with E-state index in [2.05, 4.69) is 65.6 Å². The van der Waals surface area contributed by atoms with Crippen LogP contribution in [0.4, 0.5) is 0 Å². The molecular formula is C28H19BiN2O. The summed E-state index contributed by atoms with van der Waals surface area (Å²) in [7, 11) is 0. The molecular weight excluding hydrogens is 589 g/mol. The van der Waals surface area contributed by atoms with E-state index >= 15 is 0 Å². The molecule has 0 bridgehead atoms. The van der Waals surface area contributed by atoms with Crippen molar-refractivity contribution in [1.29, 1.82) is 0 Å². The third kappa shape index (κ3) is 3.51. The summed E-state index contributed by atoms with van der Waals surface area (Å²) in [4.78, 5) is 8.99. The third-order valence-corrected chi connectivity index (χ3v) is 15.0. The molecule has 4 heteroatoms. The zero-order valence-electron chi connectivity index (χ0n) is 18.1. The molecule has 0 amide bonds. The van der Waals surface area contributed by atoms with Gasteiger partial charge < -0.3 is 0 Å². The van der Waals surface area contributed by atoms with Crippen molar-refractivity contribution in [3.63, 3.8) is 0 Å². The van der Waals surface area contributed by atoms with Crippen LogP contribution in [0.3, 0.4) is 0 Å². The first-order valence-electron chi connectivity index (χ1n) is 10.9. The average Bonchev–Trinajstić information content (AvgIpc) is 3.18. The molecule has 0 spiro atoms. The number of hydrogen-bond donors (Lipinski definition) is 0. The van der Waals surface area contributed by atoms with Crippen molar-refractivity contribution in [2.45, 2.75) is 0 Å². The predicted octanol–water partition coefficient (Wildman–Crippen LogP) is 4.43. The summed E-state index contributed by atoms with van der Waals surface area (Å²) in [5, 5.41) is 0. The van der Waals surface area contributed by atoms with Gasteiger partial charge in [0.1, 0.15) is 0 Å². The van der Waals surface area contributed by atoms with E-state index in [9.17, 15) is 0 Å². The summed E-state index contributed by atoms with van der Waals surface area (Å²) >= 11 is -2.45. The maximum atomic E-state index is 7.77. The minimum absolute atomic E-state index is 0.377. The van der Waals surface area contributed by atoms with Crippen molar-refractivity contribution in [2.24, 2.45) is 0 Å². The summed E-state index contributed by atoms with van der Waals surface area (Å²) in [5.74, 6) is 1.13. The molecule has 0 atom stereocenters. The van der Waals surface area contributed by atoms with E-state index < -0.39 is 21.8 Å². The topological polar surface area (TPSA) is 35.0 Å². The molecule has 0 N–H and O–H groups in total. The number of ether oxygens (including phenoxy) is 1. The molecule has 2 aromatic heterocycles. The van der Waals surface area contributed by atoms with Crippen molar-refractivity contribution < 1.29 is 6.11 Å². The van der Waals surface area contributed by atoms with Crippen LogP contribution in [0.15, 0.2) is 115 Å². The van der Waals surface area contributed by atoms with Gasteiger partial charge in [-0.2, -0.15) is 0 Å². The Morgan fingerprint density at radius 1 is 0.656 bits per heavy atom. The van der Waals surface area contributed by atoms with Gasteiger partial charge in [-0.15, -0.1) is 0 Å². The Morgan fingerprint density at radius 3 is 2.41 bits per heavy atom. The van der Waals surface area contributed by atoms with Gasteiger partial charge in [-0.25, -0.2) is 0 Å². The Bertz CT molecular complexity index is 1470. The Hall–Kier alpha value is -3.36. The zero-order chi connectivity index (χ0) is 22.2. The van der Waals surface area contributed by atoms with E-state index in [4.69, 9.17) is 11.1 Å². The molecule has 3 aromatic carbocycles. The van der Waals surface area contributed by atoms with E-state index in [1.54, 1.807) is 18.3 Å². The van der Waals surface area contributed by atoms with E-state index in [0.29, 0.717) is 17.7 Å². The van der Waals surface area contributed by atoms with Crippen LogP contribution >= 0.6 is 0 Å². The van der Waals surface area contributed by atoms with Gasteiger partial charge in [-0.05, 0) is 0 Å². The van der Waals surface area contributed by atoms with Gasteiger partial charge in [-0.3, -0.25) is 0 Å². The molecule has 1 aliphatic rings. The first kappa shape index (κ1) is 18.2. The van der Waals surface area contributed by atoms with Crippen LogP contribution in [-0.2, 0) is 0 Å². The average molecular weight is 609 g/mol. The summed E-state index contributed by atoms with van der Waals surface area (Å²) in [5.41, 5.74) is 4.98.